The lowest BCUT2D eigenvalue weighted by Gasteiger charge is -2.38. The standard InChI is InChI=1S/C19H27N3O3/c1-14(2)18(24)22-9-5-7-16(22)19(25)21-12-10-20(11-13-21)15-6-3-4-8-17(15)23/h3-4,6,8,14,16,23H,5,7,9-13H2,1-2H3. The summed E-state index contributed by atoms with van der Waals surface area (Å²) >= 11 is 0. The zero-order valence-corrected chi connectivity index (χ0v) is 15.0. The van der Waals surface area contributed by atoms with Gasteiger partial charge in [0.2, 0.25) is 11.8 Å². The van der Waals surface area contributed by atoms with E-state index in [1.807, 2.05) is 30.9 Å². The summed E-state index contributed by atoms with van der Waals surface area (Å²) in [4.78, 5) is 31.0. The number of hydrogen-bond donors (Lipinski definition) is 1. The van der Waals surface area contributed by atoms with E-state index in [-0.39, 0.29) is 29.5 Å². The van der Waals surface area contributed by atoms with Crippen LogP contribution in [0, 0.1) is 5.92 Å². The van der Waals surface area contributed by atoms with Crippen LogP contribution in [0.2, 0.25) is 0 Å². The number of carbonyl (C=O) groups excluding carboxylic acids is 2. The molecule has 3 rings (SSSR count). The van der Waals surface area contributed by atoms with Crippen molar-refractivity contribution in [2.75, 3.05) is 37.6 Å². The molecule has 2 aliphatic rings. The molecule has 0 saturated carbocycles. The Morgan fingerprint density at radius 1 is 1.08 bits per heavy atom. The number of para-hydroxylation sites is 2. The number of anilines is 1. The topological polar surface area (TPSA) is 64.1 Å². The molecule has 0 radical (unpaired) electrons. The fraction of sp³-hybridized carbons (Fsp3) is 0.579. The number of nitrogens with zero attached hydrogens (tertiary/aromatic N) is 3. The van der Waals surface area contributed by atoms with E-state index in [9.17, 15) is 14.7 Å². The normalized spacial score (nSPS) is 21.1. The zero-order valence-electron chi connectivity index (χ0n) is 15.0. The number of piperazine rings is 1. The zero-order chi connectivity index (χ0) is 18.0. The monoisotopic (exact) mass is 345 g/mol. The molecular formula is C19H27N3O3. The van der Waals surface area contributed by atoms with Gasteiger partial charge in [-0.1, -0.05) is 26.0 Å². The van der Waals surface area contributed by atoms with E-state index in [0.29, 0.717) is 32.7 Å². The van der Waals surface area contributed by atoms with E-state index in [4.69, 9.17) is 0 Å². The van der Waals surface area contributed by atoms with Crippen LogP contribution in [0.5, 0.6) is 5.75 Å². The first kappa shape index (κ1) is 17.6. The lowest BCUT2D eigenvalue weighted by molar-refractivity contribution is -0.145. The van der Waals surface area contributed by atoms with Crippen molar-refractivity contribution in [3.8, 4) is 5.75 Å². The Kier molecular flexibility index (Phi) is 5.16. The van der Waals surface area contributed by atoms with Crippen LogP contribution < -0.4 is 4.90 Å². The van der Waals surface area contributed by atoms with Crippen molar-refractivity contribution in [3.05, 3.63) is 24.3 Å². The second-order valence-corrected chi connectivity index (χ2v) is 7.15. The highest BCUT2D eigenvalue weighted by molar-refractivity contribution is 5.89. The van der Waals surface area contributed by atoms with Crippen LogP contribution >= 0.6 is 0 Å². The SMILES string of the molecule is CC(C)C(=O)N1CCCC1C(=O)N1CCN(c2ccccc2O)CC1. The van der Waals surface area contributed by atoms with Crippen molar-refractivity contribution in [2.24, 2.45) is 5.92 Å². The Labute approximate surface area is 149 Å². The Morgan fingerprint density at radius 2 is 1.76 bits per heavy atom. The number of aromatic hydroxyl groups is 1. The van der Waals surface area contributed by atoms with E-state index in [1.54, 1.807) is 17.0 Å². The maximum atomic E-state index is 12.9. The highest BCUT2D eigenvalue weighted by Gasteiger charge is 2.38. The minimum atomic E-state index is -0.299. The first-order valence-electron chi connectivity index (χ1n) is 9.11. The Balaban J connectivity index is 1.62. The van der Waals surface area contributed by atoms with Crippen LogP contribution in [0.15, 0.2) is 24.3 Å². The molecule has 1 aromatic rings. The molecule has 1 aromatic carbocycles. The van der Waals surface area contributed by atoms with Gasteiger partial charge in [-0.05, 0) is 25.0 Å². The van der Waals surface area contributed by atoms with Gasteiger partial charge >= 0.3 is 0 Å². The molecule has 25 heavy (non-hydrogen) atoms. The number of amides is 2. The number of rotatable bonds is 3. The van der Waals surface area contributed by atoms with E-state index >= 15 is 0 Å². The summed E-state index contributed by atoms with van der Waals surface area (Å²) in [6, 6.07) is 6.99. The molecule has 0 aromatic heterocycles. The summed E-state index contributed by atoms with van der Waals surface area (Å²) < 4.78 is 0. The predicted octanol–water partition coefficient (Wildman–Crippen LogP) is 1.69. The minimum Gasteiger partial charge on any atom is -0.506 e. The average Bonchev–Trinajstić information content (AvgIpc) is 3.10. The number of phenolic OH excluding ortho intramolecular Hbond substituents is 1. The molecule has 1 N–H and O–H groups in total. The first-order chi connectivity index (χ1) is 12.0. The van der Waals surface area contributed by atoms with E-state index < -0.39 is 0 Å². The van der Waals surface area contributed by atoms with Gasteiger partial charge < -0.3 is 19.8 Å². The van der Waals surface area contributed by atoms with Crippen LogP contribution in [0.25, 0.3) is 0 Å². The van der Waals surface area contributed by atoms with E-state index in [2.05, 4.69) is 4.90 Å². The van der Waals surface area contributed by atoms with Gasteiger partial charge in [-0.25, -0.2) is 0 Å². The molecule has 1 atom stereocenters. The summed E-state index contributed by atoms with van der Waals surface area (Å²) in [7, 11) is 0. The fourth-order valence-electron chi connectivity index (χ4n) is 3.73. The summed E-state index contributed by atoms with van der Waals surface area (Å²) in [6.45, 7) is 7.06. The van der Waals surface area contributed by atoms with Crippen molar-refractivity contribution >= 4 is 17.5 Å². The van der Waals surface area contributed by atoms with Gasteiger partial charge in [0.1, 0.15) is 11.8 Å². The third-order valence-electron chi connectivity index (χ3n) is 5.13. The predicted molar refractivity (Wildman–Crippen MR) is 96.5 cm³/mol. The Hall–Kier alpha value is -2.24. The minimum absolute atomic E-state index is 0.0726. The van der Waals surface area contributed by atoms with Gasteiger partial charge in [0.15, 0.2) is 0 Å². The third kappa shape index (κ3) is 3.57. The third-order valence-corrected chi connectivity index (χ3v) is 5.13. The van der Waals surface area contributed by atoms with Crippen molar-refractivity contribution in [1.29, 1.82) is 0 Å². The van der Waals surface area contributed by atoms with Crippen molar-refractivity contribution in [1.82, 2.24) is 9.80 Å². The molecule has 2 fully saturated rings. The molecule has 1 unspecified atom stereocenters. The highest BCUT2D eigenvalue weighted by Crippen LogP contribution is 2.28. The molecule has 136 valence electrons. The lowest BCUT2D eigenvalue weighted by Crippen LogP contribution is -2.54. The van der Waals surface area contributed by atoms with Gasteiger partial charge in [-0.15, -0.1) is 0 Å². The van der Waals surface area contributed by atoms with Crippen LogP contribution in [0.1, 0.15) is 26.7 Å². The lowest BCUT2D eigenvalue weighted by atomic mass is 10.1. The number of benzene rings is 1. The number of phenols is 1. The van der Waals surface area contributed by atoms with Crippen LogP contribution in [-0.4, -0.2) is 65.5 Å². The quantitative estimate of drug-likeness (QED) is 0.905. The fourth-order valence-corrected chi connectivity index (χ4v) is 3.73. The number of likely N-dealkylation sites (tertiary alicyclic amines) is 1. The molecule has 0 aliphatic carbocycles. The van der Waals surface area contributed by atoms with Crippen molar-refractivity contribution < 1.29 is 14.7 Å². The number of hydrogen-bond acceptors (Lipinski definition) is 4. The highest BCUT2D eigenvalue weighted by atomic mass is 16.3. The van der Waals surface area contributed by atoms with Crippen molar-refractivity contribution in [2.45, 2.75) is 32.7 Å². The second kappa shape index (κ2) is 7.33. The van der Waals surface area contributed by atoms with E-state index in [1.165, 1.54) is 0 Å². The Morgan fingerprint density at radius 3 is 2.40 bits per heavy atom. The summed E-state index contributed by atoms with van der Waals surface area (Å²) in [6.07, 6.45) is 1.66. The van der Waals surface area contributed by atoms with Gasteiger partial charge in [0.25, 0.3) is 0 Å². The maximum absolute atomic E-state index is 12.9. The van der Waals surface area contributed by atoms with Gasteiger partial charge in [-0.3, -0.25) is 9.59 Å². The summed E-state index contributed by atoms with van der Waals surface area (Å²) in [5.41, 5.74) is 0.812. The summed E-state index contributed by atoms with van der Waals surface area (Å²) in [5.74, 6) is 0.338. The van der Waals surface area contributed by atoms with Crippen LogP contribution in [-0.2, 0) is 9.59 Å². The van der Waals surface area contributed by atoms with Gasteiger partial charge in [0, 0.05) is 38.6 Å². The molecule has 2 amide bonds. The molecule has 2 aliphatic heterocycles. The Bertz CT molecular complexity index is 639. The summed E-state index contributed by atoms with van der Waals surface area (Å²) in [5, 5.41) is 9.99. The molecule has 2 heterocycles. The second-order valence-electron chi connectivity index (χ2n) is 7.15. The molecule has 0 bridgehead atoms. The van der Waals surface area contributed by atoms with Gasteiger partial charge in [0.05, 0.1) is 5.69 Å². The van der Waals surface area contributed by atoms with Crippen LogP contribution in [0.3, 0.4) is 0 Å². The largest absolute Gasteiger partial charge is 0.506 e. The first-order valence-corrected chi connectivity index (χ1v) is 9.11. The van der Waals surface area contributed by atoms with Gasteiger partial charge in [-0.2, -0.15) is 0 Å². The maximum Gasteiger partial charge on any atom is 0.245 e. The van der Waals surface area contributed by atoms with Crippen molar-refractivity contribution in [3.63, 3.8) is 0 Å². The molecular weight excluding hydrogens is 318 g/mol. The average molecular weight is 345 g/mol. The molecule has 6 nitrogen and oxygen atoms in total. The van der Waals surface area contributed by atoms with Crippen LogP contribution in [0.4, 0.5) is 5.69 Å². The molecule has 6 heteroatoms. The van der Waals surface area contributed by atoms with E-state index in [0.717, 1.165) is 18.5 Å². The molecule has 2 saturated heterocycles. The number of carbonyl (C=O) groups is 2. The smallest absolute Gasteiger partial charge is 0.245 e. The molecule has 0 spiro atoms.